The molecule has 0 radical (unpaired) electrons. The number of benzene rings is 1. The molecule has 1 aromatic carbocycles. The molecule has 98 valence electrons. The van der Waals surface area contributed by atoms with Crippen molar-refractivity contribution in [2.45, 2.75) is 17.1 Å². The Bertz CT molecular complexity index is 493. The predicted molar refractivity (Wildman–Crippen MR) is 62.6 cm³/mol. The van der Waals surface area contributed by atoms with E-state index in [1.165, 1.54) is 14.0 Å². The summed E-state index contributed by atoms with van der Waals surface area (Å²) in [6.07, 6.45) is 0. The molecule has 0 amide bonds. The molecule has 0 aliphatic heterocycles. The second-order valence-electron chi connectivity index (χ2n) is 3.31. The Balaban J connectivity index is 3.15. The van der Waals surface area contributed by atoms with E-state index < -0.39 is 27.6 Å². The first-order valence-corrected chi connectivity index (χ1v) is 5.66. The van der Waals surface area contributed by atoms with Crippen LogP contribution in [0.3, 0.4) is 0 Å². The maximum absolute atomic E-state index is 13.6. The van der Waals surface area contributed by atoms with Crippen molar-refractivity contribution in [1.29, 1.82) is 0 Å². The maximum Gasteiger partial charge on any atom is 0.316 e. The smallest absolute Gasteiger partial charge is 0.316 e. The minimum Gasteiger partial charge on any atom is -0.490 e. The van der Waals surface area contributed by atoms with Gasteiger partial charge in [0.2, 0.25) is 0 Å². The van der Waals surface area contributed by atoms with Gasteiger partial charge in [-0.25, -0.2) is 4.39 Å². The lowest BCUT2D eigenvalue weighted by Gasteiger charge is -2.09. The van der Waals surface area contributed by atoms with Crippen molar-refractivity contribution in [2.75, 3.05) is 7.11 Å². The van der Waals surface area contributed by atoms with Gasteiger partial charge in [0.25, 0.3) is 0 Å². The summed E-state index contributed by atoms with van der Waals surface area (Å²) in [5, 5.41) is 18.5. The number of hydrogen-bond donors (Lipinski definition) is 1. The van der Waals surface area contributed by atoms with Gasteiger partial charge in [-0.1, -0.05) is 0 Å². The molecule has 0 saturated heterocycles. The Morgan fingerprint density at radius 2 is 2.22 bits per heavy atom. The Kier molecular flexibility index (Phi) is 4.49. The SMILES string of the molecule is COc1cc(SC(C)C(=O)O)c(F)cc1[N+](=O)[O-]. The lowest BCUT2D eigenvalue weighted by Crippen LogP contribution is -2.11. The van der Waals surface area contributed by atoms with Crippen LogP contribution in [0.1, 0.15) is 6.92 Å². The number of nitro benzene ring substituents is 1. The van der Waals surface area contributed by atoms with Crippen molar-refractivity contribution in [3.05, 3.63) is 28.1 Å². The van der Waals surface area contributed by atoms with Gasteiger partial charge in [0, 0.05) is 11.0 Å². The first-order valence-electron chi connectivity index (χ1n) is 4.78. The number of nitrogens with zero attached hydrogens (tertiary/aromatic N) is 1. The molecule has 6 nitrogen and oxygen atoms in total. The summed E-state index contributed by atoms with van der Waals surface area (Å²) >= 11 is 0.751. The number of halogens is 1. The van der Waals surface area contributed by atoms with Crippen LogP contribution in [0.25, 0.3) is 0 Å². The van der Waals surface area contributed by atoms with Crippen LogP contribution in [0.5, 0.6) is 5.75 Å². The molecular weight excluding hydrogens is 265 g/mol. The van der Waals surface area contributed by atoms with Gasteiger partial charge >= 0.3 is 11.7 Å². The molecule has 0 bridgehead atoms. The van der Waals surface area contributed by atoms with Gasteiger partial charge in [0.1, 0.15) is 11.1 Å². The van der Waals surface area contributed by atoms with Gasteiger partial charge in [0.05, 0.1) is 18.1 Å². The average molecular weight is 275 g/mol. The number of rotatable bonds is 5. The molecule has 1 aromatic rings. The van der Waals surface area contributed by atoms with Crippen molar-refractivity contribution in [3.63, 3.8) is 0 Å². The van der Waals surface area contributed by atoms with Gasteiger partial charge in [-0.05, 0) is 6.92 Å². The van der Waals surface area contributed by atoms with Gasteiger partial charge in [-0.2, -0.15) is 0 Å². The van der Waals surface area contributed by atoms with Crippen LogP contribution in [0.2, 0.25) is 0 Å². The fourth-order valence-corrected chi connectivity index (χ4v) is 1.99. The summed E-state index contributed by atoms with van der Waals surface area (Å²) in [6.45, 7) is 1.39. The van der Waals surface area contributed by atoms with Crippen molar-refractivity contribution < 1.29 is 24.0 Å². The largest absolute Gasteiger partial charge is 0.490 e. The zero-order chi connectivity index (χ0) is 13.9. The molecule has 18 heavy (non-hydrogen) atoms. The van der Waals surface area contributed by atoms with E-state index >= 15 is 0 Å². The number of carboxylic acids is 1. The van der Waals surface area contributed by atoms with E-state index in [-0.39, 0.29) is 10.6 Å². The van der Waals surface area contributed by atoms with Gasteiger partial charge < -0.3 is 9.84 Å². The molecule has 0 aromatic heterocycles. The first kappa shape index (κ1) is 14.2. The maximum atomic E-state index is 13.6. The molecule has 0 aliphatic rings. The fourth-order valence-electron chi connectivity index (χ4n) is 1.16. The number of aliphatic carboxylic acids is 1. The molecule has 0 saturated carbocycles. The van der Waals surface area contributed by atoms with Gasteiger partial charge in [-0.3, -0.25) is 14.9 Å². The number of hydrogen-bond acceptors (Lipinski definition) is 5. The Morgan fingerprint density at radius 1 is 1.61 bits per heavy atom. The van der Waals surface area contributed by atoms with Crippen LogP contribution < -0.4 is 4.74 Å². The number of nitro groups is 1. The second kappa shape index (κ2) is 5.67. The van der Waals surface area contributed by atoms with Crippen molar-refractivity contribution >= 4 is 23.4 Å². The normalized spacial score (nSPS) is 11.9. The number of carboxylic acid groups (broad SMARTS) is 1. The van der Waals surface area contributed by atoms with E-state index in [9.17, 15) is 19.3 Å². The summed E-state index contributed by atoms with van der Waals surface area (Å²) in [4.78, 5) is 20.5. The third-order valence-electron chi connectivity index (χ3n) is 2.08. The number of carbonyl (C=O) groups is 1. The summed E-state index contributed by atoms with van der Waals surface area (Å²) < 4.78 is 18.4. The minimum absolute atomic E-state index is 0.00708. The van der Waals surface area contributed by atoms with E-state index in [4.69, 9.17) is 9.84 Å². The number of ether oxygens (including phenoxy) is 1. The van der Waals surface area contributed by atoms with Crippen LogP contribution in [-0.4, -0.2) is 28.4 Å². The molecule has 0 aliphatic carbocycles. The third kappa shape index (κ3) is 3.10. The van der Waals surface area contributed by atoms with E-state index in [0.29, 0.717) is 0 Å². The molecule has 1 unspecified atom stereocenters. The highest BCUT2D eigenvalue weighted by molar-refractivity contribution is 8.00. The Labute approximate surface area is 106 Å². The molecule has 8 heteroatoms. The molecule has 0 spiro atoms. The van der Waals surface area contributed by atoms with Crippen LogP contribution in [0.4, 0.5) is 10.1 Å². The molecule has 1 N–H and O–H groups in total. The zero-order valence-corrected chi connectivity index (χ0v) is 10.4. The number of methoxy groups -OCH3 is 1. The summed E-state index contributed by atoms with van der Waals surface area (Å²) in [5.74, 6) is -2.06. The second-order valence-corrected chi connectivity index (χ2v) is 4.69. The summed E-state index contributed by atoms with van der Waals surface area (Å²) in [6, 6.07) is 1.84. The monoisotopic (exact) mass is 275 g/mol. The third-order valence-corrected chi connectivity index (χ3v) is 3.20. The lowest BCUT2D eigenvalue weighted by atomic mass is 10.3. The predicted octanol–water partition coefficient (Wildman–Crippen LogP) is 2.31. The molecule has 1 rings (SSSR count). The van der Waals surface area contributed by atoms with E-state index in [2.05, 4.69) is 0 Å². The summed E-state index contributed by atoms with van der Waals surface area (Å²) in [5.41, 5.74) is -0.498. The van der Waals surface area contributed by atoms with Crippen molar-refractivity contribution in [1.82, 2.24) is 0 Å². The zero-order valence-electron chi connectivity index (χ0n) is 9.55. The molecule has 1 atom stereocenters. The Hall–Kier alpha value is -1.83. The van der Waals surface area contributed by atoms with Crippen LogP contribution in [0, 0.1) is 15.9 Å². The minimum atomic E-state index is -1.10. The highest BCUT2D eigenvalue weighted by atomic mass is 32.2. The molecular formula is C10H10FNO5S. The Morgan fingerprint density at radius 3 is 2.67 bits per heavy atom. The number of thioether (sulfide) groups is 1. The topological polar surface area (TPSA) is 89.7 Å². The highest BCUT2D eigenvalue weighted by Gasteiger charge is 2.22. The highest BCUT2D eigenvalue weighted by Crippen LogP contribution is 2.35. The fraction of sp³-hybridized carbons (Fsp3) is 0.300. The first-order chi connectivity index (χ1) is 8.36. The quantitative estimate of drug-likeness (QED) is 0.504. The van der Waals surface area contributed by atoms with Crippen molar-refractivity contribution in [2.24, 2.45) is 0 Å². The van der Waals surface area contributed by atoms with Crippen LogP contribution >= 0.6 is 11.8 Å². The van der Waals surface area contributed by atoms with Crippen LogP contribution in [0.15, 0.2) is 17.0 Å². The van der Waals surface area contributed by atoms with E-state index in [1.807, 2.05) is 0 Å². The average Bonchev–Trinajstić information content (AvgIpc) is 2.30. The van der Waals surface area contributed by atoms with Gasteiger partial charge in [0.15, 0.2) is 5.75 Å². The van der Waals surface area contributed by atoms with Gasteiger partial charge in [-0.15, -0.1) is 11.8 Å². The lowest BCUT2D eigenvalue weighted by molar-refractivity contribution is -0.386. The van der Waals surface area contributed by atoms with E-state index in [1.54, 1.807) is 0 Å². The molecule has 0 heterocycles. The van der Waals surface area contributed by atoms with Crippen molar-refractivity contribution in [3.8, 4) is 5.75 Å². The standard InChI is InChI=1S/C10H10FNO5S/c1-5(10(13)14)18-9-4-8(17-2)7(12(15)16)3-6(9)11/h3-5H,1-2H3,(H,13,14). The summed E-state index contributed by atoms with van der Waals surface area (Å²) in [7, 11) is 1.22. The van der Waals surface area contributed by atoms with Crippen LogP contribution in [-0.2, 0) is 4.79 Å². The molecule has 0 fully saturated rings. The van der Waals surface area contributed by atoms with E-state index in [0.717, 1.165) is 23.9 Å².